The number of fused-ring (bicyclic) bond motifs is 1. The van der Waals surface area contributed by atoms with Gasteiger partial charge in [-0.1, -0.05) is 24.3 Å². The van der Waals surface area contributed by atoms with E-state index in [1.165, 1.54) is 0 Å². The van der Waals surface area contributed by atoms with Crippen LogP contribution in [0.15, 0.2) is 52.9 Å². The average molecular weight is 223 g/mol. The third-order valence-corrected chi connectivity index (χ3v) is 2.50. The lowest BCUT2D eigenvalue weighted by Gasteiger charge is -2.00. The van der Waals surface area contributed by atoms with Gasteiger partial charge in [0.2, 0.25) is 0 Å². The fourth-order valence-electron chi connectivity index (χ4n) is 1.64. The second kappa shape index (κ2) is 3.94. The first-order chi connectivity index (χ1) is 8.31. The fourth-order valence-corrected chi connectivity index (χ4v) is 1.64. The zero-order chi connectivity index (χ0) is 11.7. The van der Waals surface area contributed by atoms with E-state index < -0.39 is 0 Å². The Bertz CT molecular complexity index is 608. The monoisotopic (exact) mass is 223 g/mol. The summed E-state index contributed by atoms with van der Waals surface area (Å²) < 4.78 is 5.56. The van der Waals surface area contributed by atoms with Crippen LogP contribution in [0.5, 0.6) is 0 Å². The molecule has 0 saturated carbocycles. The Balaban J connectivity index is 1.92. The molecule has 0 unspecified atom stereocenters. The van der Waals surface area contributed by atoms with E-state index in [1.54, 1.807) is 0 Å². The molecular weight excluding hydrogens is 212 g/mol. The summed E-state index contributed by atoms with van der Waals surface area (Å²) in [5.41, 5.74) is 3.55. The number of benzene rings is 2. The van der Waals surface area contributed by atoms with Crippen molar-refractivity contribution in [3.8, 4) is 0 Å². The van der Waals surface area contributed by atoms with E-state index in [-0.39, 0.29) is 0 Å². The molecule has 0 saturated heterocycles. The van der Waals surface area contributed by atoms with E-state index in [0.717, 1.165) is 22.4 Å². The largest absolute Gasteiger partial charge is 0.423 e. The molecule has 1 heterocycles. The van der Waals surface area contributed by atoms with E-state index in [9.17, 15) is 0 Å². The van der Waals surface area contributed by atoms with Gasteiger partial charge in [0, 0.05) is 5.69 Å². The number of hydrogen-bond acceptors (Lipinski definition) is 3. The highest BCUT2D eigenvalue weighted by molar-refractivity contribution is 5.75. The number of nitrogens with zero attached hydrogens (tertiary/aromatic N) is 1. The summed E-state index contributed by atoms with van der Waals surface area (Å²) >= 11 is 0. The number of anilines is 2. The lowest BCUT2D eigenvalue weighted by Crippen LogP contribution is -1.89. The summed E-state index contributed by atoms with van der Waals surface area (Å²) in [7, 11) is 0. The fraction of sp³-hybridized carbons (Fsp3) is 0. The lowest BCUT2D eigenvalue weighted by molar-refractivity contribution is 0.623. The molecule has 1 aromatic heterocycles. The molecule has 3 nitrogen and oxygen atoms in total. The second-order valence-electron chi connectivity index (χ2n) is 3.81. The summed E-state index contributed by atoms with van der Waals surface area (Å²) in [5.74, 6) is 0. The Kier molecular flexibility index (Phi) is 2.29. The van der Waals surface area contributed by atoms with Crippen molar-refractivity contribution < 1.29 is 4.42 Å². The maximum atomic E-state index is 5.56. The minimum absolute atomic E-state index is 0.503. The number of para-hydroxylation sites is 2. The van der Waals surface area contributed by atoms with Crippen LogP contribution in [0.1, 0.15) is 5.56 Å². The zero-order valence-electron chi connectivity index (χ0n) is 9.18. The molecule has 2 aromatic carbocycles. The predicted molar refractivity (Wildman–Crippen MR) is 68.2 cm³/mol. The molecule has 0 aliphatic rings. The normalized spacial score (nSPS) is 10.6. The quantitative estimate of drug-likeness (QED) is 0.719. The van der Waals surface area contributed by atoms with E-state index >= 15 is 0 Å². The third-order valence-electron chi connectivity index (χ3n) is 2.50. The Morgan fingerprint density at radius 3 is 2.53 bits per heavy atom. The summed E-state index contributed by atoms with van der Waals surface area (Å²) in [4.78, 5) is 4.34. The Labute approximate surface area is 99.1 Å². The molecule has 0 bridgehead atoms. The molecule has 0 aliphatic carbocycles. The maximum absolute atomic E-state index is 5.56. The van der Waals surface area contributed by atoms with Crippen molar-refractivity contribution in [1.82, 2.24) is 4.98 Å². The zero-order valence-corrected chi connectivity index (χ0v) is 9.18. The van der Waals surface area contributed by atoms with Crippen LogP contribution in [0.25, 0.3) is 11.1 Å². The van der Waals surface area contributed by atoms with E-state index in [1.807, 2.05) is 48.5 Å². The number of nitrogens with one attached hydrogen (secondary N) is 1. The highest BCUT2D eigenvalue weighted by Gasteiger charge is 2.04. The van der Waals surface area contributed by atoms with Crippen molar-refractivity contribution in [2.24, 2.45) is 0 Å². The summed E-state index contributed by atoms with van der Waals surface area (Å²) in [5, 5.41) is 3.12. The molecule has 0 atom stereocenters. The van der Waals surface area contributed by atoms with Crippen molar-refractivity contribution in [3.05, 3.63) is 61.0 Å². The first-order valence-corrected chi connectivity index (χ1v) is 5.36. The van der Waals surface area contributed by atoms with Gasteiger partial charge >= 0.3 is 0 Å². The molecular formula is C14H11N2O. The van der Waals surface area contributed by atoms with E-state index in [4.69, 9.17) is 4.42 Å². The number of hydrogen-bond donors (Lipinski definition) is 1. The Morgan fingerprint density at radius 1 is 1.00 bits per heavy atom. The molecule has 0 amide bonds. The molecule has 3 rings (SSSR count). The van der Waals surface area contributed by atoms with Crippen molar-refractivity contribution >= 4 is 22.8 Å². The van der Waals surface area contributed by atoms with Crippen LogP contribution >= 0.6 is 0 Å². The van der Waals surface area contributed by atoms with Gasteiger partial charge in [-0.15, -0.1) is 0 Å². The molecule has 0 aliphatic heterocycles. The highest BCUT2D eigenvalue weighted by atomic mass is 16.4. The van der Waals surface area contributed by atoms with Gasteiger partial charge in [-0.3, -0.25) is 0 Å². The smallest absolute Gasteiger partial charge is 0.300 e. The highest BCUT2D eigenvalue weighted by Crippen LogP contribution is 2.21. The Hall–Kier alpha value is -2.29. The van der Waals surface area contributed by atoms with E-state index in [0.29, 0.717) is 6.01 Å². The van der Waals surface area contributed by atoms with E-state index in [2.05, 4.69) is 17.2 Å². The van der Waals surface area contributed by atoms with Gasteiger partial charge < -0.3 is 9.73 Å². The number of rotatable bonds is 2. The molecule has 3 heteroatoms. The molecule has 1 radical (unpaired) electrons. The number of aromatic nitrogens is 1. The van der Waals surface area contributed by atoms with Crippen LogP contribution < -0.4 is 5.32 Å². The molecule has 83 valence electrons. The molecule has 0 spiro atoms. The van der Waals surface area contributed by atoms with Crippen molar-refractivity contribution in [2.75, 3.05) is 5.32 Å². The standard InChI is InChI=1S/C14H11N2O/c1-10-6-8-11(9-7-10)15-14-16-12-4-2-3-5-13(12)17-14/h2-9H,1H2,(H,15,16). The topological polar surface area (TPSA) is 38.1 Å². The summed E-state index contributed by atoms with van der Waals surface area (Å²) in [6.07, 6.45) is 0. The van der Waals surface area contributed by atoms with Gasteiger partial charge in [-0.2, -0.15) is 4.98 Å². The minimum Gasteiger partial charge on any atom is -0.423 e. The van der Waals surface area contributed by atoms with Gasteiger partial charge in [0.15, 0.2) is 5.58 Å². The van der Waals surface area contributed by atoms with Crippen LogP contribution in [0.4, 0.5) is 11.7 Å². The number of oxazole rings is 1. The minimum atomic E-state index is 0.503. The molecule has 3 aromatic rings. The van der Waals surface area contributed by atoms with Gasteiger partial charge in [-0.25, -0.2) is 0 Å². The summed E-state index contributed by atoms with van der Waals surface area (Å²) in [6, 6.07) is 15.9. The van der Waals surface area contributed by atoms with Gasteiger partial charge in [0.05, 0.1) is 0 Å². The maximum Gasteiger partial charge on any atom is 0.300 e. The van der Waals surface area contributed by atoms with Gasteiger partial charge in [0.1, 0.15) is 5.52 Å². The van der Waals surface area contributed by atoms with Gasteiger partial charge in [-0.05, 0) is 36.8 Å². The first-order valence-electron chi connectivity index (χ1n) is 5.36. The Morgan fingerprint density at radius 2 is 1.76 bits per heavy atom. The predicted octanol–water partition coefficient (Wildman–Crippen LogP) is 3.75. The SMILES string of the molecule is [CH2]c1ccc(Nc2nc3ccccc3o2)cc1. The molecule has 1 N–H and O–H groups in total. The van der Waals surface area contributed by atoms with Crippen molar-refractivity contribution in [1.29, 1.82) is 0 Å². The van der Waals surface area contributed by atoms with Crippen molar-refractivity contribution in [3.63, 3.8) is 0 Å². The van der Waals surface area contributed by atoms with Crippen LogP contribution in [0.3, 0.4) is 0 Å². The third kappa shape index (κ3) is 1.99. The molecule has 17 heavy (non-hydrogen) atoms. The lowest BCUT2D eigenvalue weighted by atomic mass is 10.2. The van der Waals surface area contributed by atoms with Crippen molar-refractivity contribution in [2.45, 2.75) is 0 Å². The second-order valence-corrected chi connectivity index (χ2v) is 3.81. The van der Waals surface area contributed by atoms with Crippen LogP contribution in [0.2, 0.25) is 0 Å². The van der Waals surface area contributed by atoms with Crippen LogP contribution in [-0.4, -0.2) is 4.98 Å². The van der Waals surface area contributed by atoms with Crippen LogP contribution in [0, 0.1) is 6.92 Å². The van der Waals surface area contributed by atoms with Gasteiger partial charge in [0.25, 0.3) is 6.01 Å². The average Bonchev–Trinajstić information content (AvgIpc) is 2.74. The first kappa shape index (κ1) is 9.90. The molecule has 0 fully saturated rings. The van der Waals surface area contributed by atoms with Crippen LogP contribution in [-0.2, 0) is 0 Å². The summed E-state index contributed by atoms with van der Waals surface area (Å²) in [6.45, 7) is 3.84.